The molecule has 140 valence electrons. The highest BCUT2D eigenvalue weighted by molar-refractivity contribution is 7.16. The van der Waals surface area contributed by atoms with Crippen molar-refractivity contribution in [3.63, 3.8) is 0 Å². The van der Waals surface area contributed by atoms with E-state index in [4.69, 9.17) is 0 Å². The smallest absolute Gasteiger partial charge is 0.270 e. The molecule has 4 aromatic rings. The summed E-state index contributed by atoms with van der Waals surface area (Å²) in [7, 11) is 0. The third-order valence-corrected chi connectivity index (χ3v) is 5.68. The van der Waals surface area contributed by atoms with Gasteiger partial charge in [-0.3, -0.25) is 14.9 Å². The molecule has 1 heterocycles. The molecule has 0 saturated heterocycles. The van der Waals surface area contributed by atoms with Crippen LogP contribution in [-0.4, -0.2) is 15.4 Å². The average Bonchev–Trinajstić information content (AvgIpc) is 3.04. The zero-order chi connectivity index (χ0) is 19.7. The number of carbonyl (C=O) groups is 1. The number of benzene rings is 3. The van der Waals surface area contributed by atoms with Crippen molar-refractivity contribution in [1.29, 1.82) is 0 Å². The Morgan fingerprint density at radius 1 is 1.14 bits per heavy atom. The van der Waals surface area contributed by atoms with E-state index in [1.54, 1.807) is 6.07 Å². The summed E-state index contributed by atoms with van der Waals surface area (Å²) >= 11 is 1.29. The van der Waals surface area contributed by atoms with Crippen molar-refractivity contribution in [2.75, 3.05) is 0 Å². The Morgan fingerprint density at radius 2 is 1.93 bits per heavy atom. The molecule has 6 nitrogen and oxygen atoms in total. The van der Waals surface area contributed by atoms with Crippen molar-refractivity contribution in [2.45, 2.75) is 19.9 Å². The van der Waals surface area contributed by atoms with Crippen molar-refractivity contribution in [1.82, 2.24) is 4.57 Å². The number of nitro groups is 1. The van der Waals surface area contributed by atoms with Gasteiger partial charge in [-0.25, -0.2) is 0 Å². The molecule has 28 heavy (non-hydrogen) atoms. The number of carbonyl (C=O) groups excluding carboxylic acids is 1. The molecule has 1 amide bonds. The van der Waals surface area contributed by atoms with Gasteiger partial charge in [-0.2, -0.15) is 4.99 Å². The molecule has 1 aromatic heterocycles. The molecular formula is C21H17N3O3S. The number of non-ortho nitro benzene ring substituents is 1. The number of nitrogens with zero attached hydrogens (tertiary/aromatic N) is 3. The van der Waals surface area contributed by atoms with E-state index in [-0.39, 0.29) is 18.0 Å². The first-order valence-corrected chi connectivity index (χ1v) is 9.70. The number of fused-ring (bicyclic) bond motifs is 2. The highest BCUT2D eigenvalue weighted by atomic mass is 32.1. The van der Waals surface area contributed by atoms with Crippen LogP contribution >= 0.6 is 11.3 Å². The summed E-state index contributed by atoms with van der Waals surface area (Å²) in [6.07, 6.45) is 0.208. The van der Waals surface area contributed by atoms with Gasteiger partial charge in [0, 0.05) is 18.7 Å². The van der Waals surface area contributed by atoms with E-state index in [0.29, 0.717) is 11.3 Å². The van der Waals surface area contributed by atoms with Crippen molar-refractivity contribution in [3.8, 4) is 0 Å². The lowest BCUT2D eigenvalue weighted by Crippen LogP contribution is -2.16. The maximum atomic E-state index is 12.7. The van der Waals surface area contributed by atoms with E-state index in [2.05, 4.69) is 4.99 Å². The molecule has 7 heteroatoms. The number of rotatable bonds is 4. The maximum absolute atomic E-state index is 12.7. The first-order valence-electron chi connectivity index (χ1n) is 8.89. The molecule has 0 spiro atoms. The fourth-order valence-corrected chi connectivity index (χ4v) is 4.47. The number of hydrogen-bond acceptors (Lipinski definition) is 4. The molecule has 0 unspecified atom stereocenters. The molecule has 0 saturated carbocycles. The highest BCUT2D eigenvalue weighted by Crippen LogP contribution is 2.23. The SMILES string of the molecule is CCn1c(=NC(=O)Cc2cccc3ccccc23)sc2cc([N+](=O)[O-])ccc21. The lowest BCUT2D eigenvalue weighted by atomic mass is 10.0. The largest absolute Gasteiger partial charge is 0.317 e. The summed E-state index contributed by atoms with van der Waals surface area (Å²) in [5.74, 6) is -0.236. The summed E-state index contributed by atoms with van der Waals surface area (Å²) in [4.78, 5) is 28.1. The van der Waals surface area contributed by atoms with Gasteiger partial charge in [-0.1, -0.05) is 53.8 Å². The van der Waals surface area contributed by atoms with Crippen molar-refractivity contribution in [2.24, 2.45) is 4.99 Å². The molecule has 3 aromatic carbocycles. The Balaban J connectivity index is 1.74. The first-order chi connectivity index (χ1) is 13.6. The average molecular weight is 391 g/mol. The van der Waals surface area contributed by atoms with Crippen LogP contribution in [0.3, 0.4) is 0 Å². The number of amides is 1. The Bertz CT molecular complexity index is 1280. The number of aromatic nitrogens is 1. The van der Waals surface area contributed by atoms with E-state index in [1.807, 2.05) is 54.0 Å². The van der Waals surface area contributed by atoms with Gasteiger partial charge in [0.1, 0.15) is 0 Å². The van der Waals surface area contributed by atoms with E-state index >= 15 is 0 Å². The van der Waals surface area contributed by atoms with Crippen LogP contribution in [0.2, 0.25) is 0 Å². The second-order valence-electron chi connectivity index (χ2n) is 6.36. The molecule has 0 fully saturated rings. The summed E-state index contributed by atoms with van der Waals surface area (Å²) in [5, 5.41) is 13.2. The highest BCUT2D eigenvalue weighted by Gasteiger charge is 2.12. The Morgan fingerprint density at radius 3 is 2.71 bits per heavy atom. The Kier molecular flexibility index (Phi) is 4.75. The molecule has 0 aliphatic rings. The summed E-state index contributed by atoms with van der Waals surface area (Å²) in [6.45, 7) is 2.58. The van der Waals surface area contributed by atoms with Crippen LogP contribution in [0.15, 0.2) is 65.7 Å². The summed E-state index contributed by atoms with van der Waals surface area (Å²) in [6, 6.07) is 18.6. The maximum Gasteiger partial charge on any atom is 0.270 e. The van der Waals surface area contributed by atoms with Gasteiger partial charge in [0.15, 0.2) is 4.80 Å². The monoisotopic (exact) mass is 391 g/mol. The Labute approximate surface area is 164 Å². The molecular weight excluding hydrogens is 374 g/mol. The standard InChI is InChI=1S/C21H17N3O3S/c1-2-23-18-11-10-16(24(26)27)13-19(18)28-21(23)22-20(25)12-15-8-5-7-14-6-3-4-9-17(14)15/h3-11,13H,2,12H2,1H3. The van der Waals surface area contributed by atoms with Gasteiger partial charge in [-0.05, 0) is 29.3 Å². The lowest BCUT2D eigenvalue weighted by molar-refractivity contribution is -0.384. The molecule has 4 rings (SSSR count). The fourth-order valence-electron chi connectivity index (χ4n) is 3.32. The molecule has 0 atom stereocenters. The van der Waals surface area contributed by atoms with Crippen LogP contribution in [0.25, 0.3) is 21.0 Å². The van der Waals surface area contributed by atoms with Crippen LogP contribution in [0, 0.1) is 10.1 Å². The normalized spacial score (nSPS) is 12.0. The van der Waals surface area contributed by atoms with Crippen molar-refractivity contribution in [3.05, 3.63) is 81.1 Å². The van der Waals surface area contributed by atoms with E-state index < -0.39 is 4.92 Å². The van der Waals surface area contributed by atoms with E-state index in [1.165, 1.54) is 23.5 Å². The van der Waals surface area contributed by atoms with Crippen LogP contribution in [0.5, 0.6) is 0 Å². The van der Waals surface area contributed by atoms with E-state index in [0.717, 1.165) is 26.6 Å². The van der Waals surface area contributed by atoms with Gasteiger partial charge in [-0.15, -0.1) is 0 Å². The van der Waals surface area contributed by atoms with Crippen LogP contribution in [0.1, 0.15) is 12.5 Å². The number of thiazole rings is 1. The second kappa shape index (κ2) is 7.36. The van der Waals surface area contributed by atoms with Gasteiger partial charge in [0.2, 0.25) is 0 Å². The predicted molar refractivity (Wildman–Crippen MR) is 110 cm³/mol. The third kappa shape index (κ3) is 3.32. The third-order valence-electron chi connectivity index (χ3n) is 4.64. The van der Waals surface area contributed by atoms with Crippen molar-refractivity contribution >= 4 is 43.9 Å². The van der Waals surface area contributed by atoms with E-state index in [9.17, 15) is 14.9 Å². The van der Waals surface area contributed by atoms with Gasteiger partial charge in [0.25, 0.3) is 11.6 Å². The molecule has 0 aliphatic heterocycles. The predicted octanol–water partition coefficient (Wildman–Crippen LogP) is 4.45. The topological polar surface area (TPSA) is 77.5 Å². The minimum absolute atomic E-state index is 0.0330. The summed E-state index contributed by atoms with van der Waals surface area (Å²) in [5.41, 5.74) is 1.81. The summed E-state index contributed by atoms with van der Waals surface area (Å²) < 4.78 is 2.65. The lowest BCUT2D eigenvalue weighted by Gasteiger charge is -2.04. The second-order valence-corrected chi connectivity index (χ2v) is 7.37. The number of hydrogen-bond donors (Lipinski definition) is 0. The quantitative estimate of drug-likeness (QED) is 0.381. The zero-order valence-corrected chi connectivity index (χ0v) is 16.0. The minimum Gasteiger partial charge on any atom is -0.317 e. The van der Waals surface area contributed by atoms with Crippen LogP contribution in [0.4, 0.5) is 5.69 Å². The molecule has 0 N–H and O–H groups in total. The first kappa shape index (κ1) is 18.1. The molecule has 0 radical (unpaired) electrons. The number of nitro benzene ring substituents is 1. The fraction of sp³-hybridized carbons (Fsp3) is 0.143. The van der Waals surface area contributed by atoms with Gasteiger partial charge >= 0.3 is 0 Å². The molecule has 0 bridgehead atoms. The van der Waals surface area contributed by atoms with Crippen LogP contribution in [-0.2, 0) is 17.8 Å². The number of aryl methyl sites for hydroxylation is 1. The van der Waals surface area contributed by atoms with Crippen LogP contribution < -0.4 is 4.80 Å². The molecule has 0 aliphatic carbocycles. The minimum atomic E-state index is -0.419. The van der Waals surface area contributed by atoms with Crippen molar-refractivity contribution < 1.29 is 9.72 Å². The van der Waals surface area contributed by atoms with Gasteiger partial charge < -0.3 is 4.57 Å². The Hall–Kier alpha value is -3.32. The zero-order valence-electron chi connectivity index (χ0n) is 15.2. The van der Waals surface area contributed by atoms with Gasteiger partial charge in [0.05, 0.1) is 21.6 Å².